The zero-order valence-electron chi connectivity index (χ0n) is 19.6. The second-order valence-corrected chi connectivity index (χ2v) is 10.5. The van der Waals surface area contributed by atoms with E-state index in [2.05, 4.69) is 10.3 Å². The van der Waals surface area contributed by atoms with Crippen LogP contribution in [0.15, 0.2) is 48.8 Å². The van der Waals surface area contributed by atoms with Crippen molar-refractivity contribution in [2.24, 2.45) is 11.7 Å². The average Bonchev–Trinajstić information content (AvgIpc) is 3.45. The minimum Gasteiger partial charge on any atom is -0.480 e. The predicted octanol–water partition coefficient (Wildman–Crippen LogP) is 4.56. The molecule has 1 aromatic heterocycles. The molecule has 3 N–H and O–H groups in total. The first-order valence-electron chi connectivity index (χ1n) is 12.3. The number of imidazole rings is 1. The summed E-state index contributed by atoms with van der Waals surface area (Å²) >= 11 is 6.55. The number of primary amides is 1. The number of aromatic nitrogens is 2. The van der Waals surface area contributed by atoms with Crippen LogP contribution in [-0.2, 0) is 23.4 Å². The average molecular weight is 513 g/mol. The molecule has 0 spiro atoms. The quantitative estimate of drug-likeness (QED) is 0.507. The third-order valence-electron chi connectivity index (χ3n) is 8.01. The van der Waals surface area contributed by atoms with Gasteiger partial charge >= 0.3 is 0 Å². The molecule has 188 valence electrons. The van der Waals surface area contributed by atoms with Crippen LogP contribution in [-0.4, -0.2) is 28.0 Å². The molecule has 3 aliphatic rings. The fourth-order valence-electron chi connectivity index (χ4n) is 5.87. The third-order valence-corrected chi connectivity index (χ3v) is 8.39. The number of amides is 1. The maximum Gasteiger partial charge on any atom is 0.223 e. The first-order chi connectivity index (χ1) is 17.4. The lowest BCUT2D eigenvalue weighted by atomic mass is 9.75. The Morgan fingerprint density at radius 1 is 1.31 bits per heavy atom. The number of fused-ring (bicyclic) bond motifs is 2. The molecule has 2 aromatic carbocycles. The summed E-state index contributed by atoms with van der Waals surface area (Å²) in [4.78, 5) is 16.7. The maximum atomic E-state index is 16.0. The number of hydrogen-bond donors (Lipinski definition) is 2. The van der Waals surface area contributed by atoms with Crippen molar-refractivity contribution < 1.29 is 18.3 Å². The summed E-state index contributed by atoms with van der Waals surface area (Å²) in [5.41, 5.74) is 6.71. The lowest BCUT2D eigenvalue weighted by Gasteiger charge is -2.35. The van der Waals surface area contributed by atoms with Crippen LogP contribution in [0.25, 0.3) is 0 Å². The Hall–Kier alpha value is -2.97. The van der Waals surface area contributed by atoms with Crippen LogP contribution < -0.4 is 15.8 Å². The van der Waals surface area contributed by atoms with Crippen LogP contribution in [0.1, 0.15) is 53.9 Å². The molecule has 4 atom stereocenters. The summed E-state index contributed by atoms with van der Waals surface area (Å²) in [6.07, 6.45) is 5.15. The van der Waals surface area contributed by atoms with Crippen molar-refractivity contribution in [1.82, 2.24) is 14.9 Å². The number of hydrogen-bond acceptors (Lipinski definition) is 4. The van der Waals surface area contributed by atoms with Crippen molar-refractivity contribution in [2.45, 2.75) is 56.0 Å². The minimum absolute atomic E-state index is 0.144. The SMILES string of the molecule is NC(=O)C1Cn2ccnc2C(F)C1c1c(Cl)c(F)cc2c1C[C@@](CNC1CCC1)(c1ccccc1)O2. The second-order valence-electron chi connectivity index (χ2n) is 10.1. The molecule has 1 saturated carbocycles. The van der Waals surface area contributed by atoms with E-state index in [9.17, 15) is 4.79 Å². The third kappa shape index (κ3) is 3.69. The molecule has 6 rings (SSSR count). The fourth-order valence-corrected chi connectivity index (χ4v) is 6.16. The molecule has 3 unspecified atom stereocenters. The molecule has 0 bridgehead atoms. The molecule has 36 heavy (non-hydrogen) atoms. The number of rotatable bonds is 6. The fraction of sp³-hybridized carbons (Fsp3) is 0.407. The highest BCUT2D eigenvalue weighted by Gasteiger charge is 2.49. The summed E-state index contributed by atoms with van der Waals surface area (Å²) < 4.78 is 39.4. The van der Waals surface area contributed by atoms with Crippen LogP contribution in [0.4, 0.5) is 8.78 Å². The Kier molecular flexibility index (Phi) is 5.76. The van der Waals surface area contributed by atoms with Gasteiger partial charge in [-0.25, -0.2) is 13.8 Å². The summed E-state index contributed by atoms with van der Waals surface area (Å²) in [6, 6.07) is 11.4. The Balaban J connectivity index is 1.47. The highest BCUT2D eigenvalue weighted by Crippen LogP contribution is 2.53. The molecule has 3 heterocycles. The zero-order chi connectivity index (χ0) is 25.0. The molecular formula is C27H27ClF2N4O2. The smallest absolute Gasteiger partial charge is 0.223 e. The normalized spacial score (nSPS) is 27.1. The number of benzene rings is 2. The summed E-state index contributed by atoms with van der Waals surface area (Å²) in [5.74, 6) is -2.91. The minimum atomic E-state index is -1.69. The Labute approximate surface area is 212 Å². The van der Waals surface area contributed by atoms with E-state index < -0.39 is 35.3 Å². The number of halogens is 3. The van der Waals surface area contributed by atoms with Crippen LogP contribution in [0, 0.1) is 11.7 Å². The topological polar surface area (TPSA) is 82.2 Å². The Morgan fingerprint density at radius 2 is 2.08 bits per heavy atom. The molecule has 1 aliphatic carbocycles. The zero-order valence-corrected chi connectivity index (χ0v) is 20.3. The van der Waals surface area contributed by atoms with Gasteiger partial charge in [-0.1, -0.05) is 48.4 Å². The van der Waals surface area contributed by atoms with Crippen molar-refractivity contribution in [3.8, 4) is 5.75 Å². The van der Waals surface area contributed by atoms with E-state index in [0.717, 1.165) is 18.4 Å². The predicted molar refractivity (Wildman–Crippen MR) is 131 cm³/mol. The lowest BCUT2D eigenvalue weighted by molar-refractivity contribution is -0.124. The molecular weight excluding hydrogens is 486 g/mol. The highest BCUT2D eigenvalue weighted by atomic mass is 35.5. The molecule has 2 aliphatic heterocycles. The van der Waals surface area contributed by atoms with Crippen molar-refractivity contribution >= 4 is 17.5 Å². The molecule has 1 fully saturated rings. The van der Waals surface area contributed by atoms with Gasteiger partial charge in [0.25, 0.3) is 0 Å². The van der Waals surface area contributed by atoms with E-state index in [4.69, 9.17) is 22.1 Å². The standard InChI is InChI=1S/C27H27ClF2N4O2/c28-23-19(29)11-20-17(21(23)22-18(25(31)35)13-34-10-9-32-26(34)24(22)30)12-27(36-20,14-33-16-7-4-8-16)15-5-2-1-3-6-15/h1-3,5-6,9-11,16,18,22,24,33H,4,7-8,12-14H2,(H2,31,35)/t18?,22?,24?,27-/m1/s1. The largest absolute Gasteiger partial charge is 0.480 e. The van der Waals surface area contributed by atoms with E-state index in [0.29, 0.717) is 30.3 Å². The Bertz CT molecular complexity index is 1310. The van der Waals surface area contributed by atoms with Gasteiger partial charge in [-0.15, -0.1) is 0 Å². The number of alkyl halides is 1. The second kappa shape index (κ2) is 8.85. The maximum absolute atomic E-state index is 16.0. The van der Waals surface area contributed by atoms with E-state index in [-0.39, 0.29) is 23.0 Å². The van der Waals surface area contributed by atoms with E-state index in [1.807, 2.05) is 30.3 Å². The van der Waals surface area contributed by atoms with Crippen LogP contribution in [0.5, 0.6) is 5.75 Å². The van der Waals surface area contributed by atoms with Gasteiger partial charge in [-0.05, 0) is 24.0 Å². The van der Waals surface area contributed by atoms with Crippen LogP contribution in [0.2, 0.25) is 5.02 Å². The molecule has 0 radical (unpaired) electrons. The molecule has 6 nitrogen and oxygen atoms in total. The first kappa shape index (κ1) is 23.4. The van der Waals surface area contributed by atoms with Crippen molar-refractivity contribution in [2.75, 3.05) is 6.54 Å². The van der Waals surface area contributed by atoms with E-state index >= 15 is 8.78 Å². The number of nitrogens with one attached hydrogen (secondary N) is 1. The van der Waals surface area contributed by atoms with Crippen molar-refractivity contribution in [3.63, 3.8) is 0 Å². The summed E-state index contributed by atoms with van der Waals surface area (Å²) in [7, 11) is 0. The molecule has 1 amide bonds. The van der Waals surface area contributed by atoms with Gasteiger partial charge in [0.2, 0.25) is 5.91 Å². The van der Waals surface area contributed by atoms with Crippen LogP contribution in [0.3, 0.4) is 0 Å². The monoisotopic (exact) mass is 512 g/mol. The van der Waals surface area contributed by atoms with E-state index in [1.54, 1.807) is 10.8 Å². The van der Waals surface area contributed by atoms with Crippen LogP contribution >= 0.6 is 11.6 Å². The summed E-state index contributed by atoms with van der Waals surface area (Å²) in [5, 5.41) is 3.39. The molecule has 0 saturated heterocycles. The van der Waals surface area contributed by atoms with Gasteiger partial charge in [0, 0.05) is 55.5 Å². The number of carbonyl (C=O) groups is 1. The number of nitrogens with two attached hydrogens (primary N) is 1. The van der Waals surface area contributed by atoms with Gasteiger partial charge in [0.15, 0.2) is 11.8 Å². The first-order valence-corrected chi connectivity index (χ1v) is 12.7. The highest BCUT2D eigenvalue weighted by molar-refractivity contribution is 6.31. The molecule has 9 heteroatoms. The van der Waals surface area contributed by atoms with Gasteiger partial charge in [0.1, 0.15) is 17.4 Å². The van der Waals surface area contributed by atoms with Gasteiger partial charge in [-0.2, -0.15) is 0 Å². The van der Waals surface area contributed by atoms with Gasteiger partial charge < -0.3 is 20.4 Å². The van der Waals surface area contributed by atoms with Gasteiger partial charge in [-0.3, -0.25) is 4.79 Å². The number of nitrogens with zero attached hydrogens (tertiary/aromatic N) is 2. The molecule has 3 aromatic rings. The lowest BCUT2D eigenvalue weighted by Crippen LogP contribution is -2.47. The van der Waals surface area contributed by atoms with Crippen molar-refractivity contribution in [1.29, 1.82) is 0 Å². The number of carbonyl (C=O) groups excluding carboxylic acids is 1. The Morgan fingerprint density at radius 3 is 2.78 bits per heavy atom. The van der Waals surface area contributed by atoms with Crippen molar-refractivity contribution in [3.05, 3.63) is 82.1 Å². The van der Waals surface area contributed by atoms with E-state index in [1.165, 1.54) is 18.7 Å². The summed E-state index contributed by atoms with van der Waals surface area (Å²) in [6.45, 7) is 0.647. The number of ether oxygens (including phenoxy) is 1. The van der Waals surface area contributed by atoms with Gasteiger partial charge in [0.05, 0.1) is 10.9 Å².